The lowest BCUT2D eigenvalue weighted by Crippen LogP contribution is -2.22. The first-order valence-electron chi connectivity index (χ1n) is 8.79. The molecule has 0 spiro atoms. The normalized spacial score (nSPS) is 14.0. The number of hydrogen-bond acceptors (Lipinski definition) is 5. The summed E-state index contributed by atoms with van der Waals surface area (Å²) in [6.07, 6.45) is 3.37. The molecule has 3 aromatic rings. The van der Waals surface area contributed by atoms with E-state index in [9.17, 15) is 4.79 Å². The maximum Gasteiger partial charge on any atom is 0.412 e. The predicted octanol–water partition coefficient (Wildman–Crippen LogP) is 2.80. The Labute approximate surface area is 151 Å². The number of amides is 1. The van der Waals surface area contributed by atoms with Crippen LogP contribution in [0, 0.1) is 0 Å². The van der Waals surface area contributed by atoms with Gasteiger partial charge in [-0.2, -0.15) is 4.98 Å². The molecule has 1 aromatic carbocycles. The van der Waals surface area contributed by atoms with Gasteiger partial charge in [-0.05, 0) is 18.4 Å². The molecule has 1 amide bonds. The van der Waals surface area contributed by atoms with Gasteiger partial charge in [0.15, 0.2) is 11.4 Å². The van der Waals surface area contributed by atoms with Crippen LogP contribution in [0.2, 0.25) is 0 Å². The van der Waals surface area contributed by atoms with E-state index in [1.807, 2.05) is 24.3 Å². The average molecular weight is 351 g/mol. The van der Waals surface area contributed by atoms with E-state index in [1.165, 1.54) is 31.6 Å². The summed E-state index contributed by atoms with van der Waals surface area (Å²) in [5.74, 6) is 1.32. The summed E-state index contributed by atoms with van der Waals surface area (Å²) in [7, 11) is 1.53. The van der Waals surface area contributed by atoms with E-state index in [1.54, 1.807) is 0 Å². The van der Waals surface area contributed by atoms with Crippen LogP contribution in [0.25, 0.3) is 11.2 Å². The van der Waals surface area contributed by atoms with Crippen LogP contribution in [0.4, 0.5) is 10.7 Å². The third kappa shape index (κ3) is 3.20. The SMILES string of the molecule is CNC(=O)Oc1cnc2nc(N3CCCC3)n(Cc3ccccc3)c2c1. The molecule has 0 saturated carbocycles. The minimum absolute atomic E-state index is 0.402. The van der Waals surface area contributed by atoms with E-state index >= 15 is 0 Å². The number of pyridine rings is 1. The second-order valence-electron chi connectivity index (χ2n) is 6.33. The second-order valence-corrected chi connectivity index (χ2v) is 6.33. The minimum Gasteiger partial charge on any atom is -0.409 e. The van der Waals surface area contributed by atoms with Gasteiger partial charge in [-0.1, -0.05) is 30.3 Å². The van der Waals surface area contributed by atoms with Crippen LogP contribution < -0.4 is 15.0 Å². The van der Waals surface area contributed by atoms with Crippen molar-refractivity contribution in [3.05, 3.63) is 48.2 Å². The zero-order valence-electron chi connectivity index (χ0n) is 14.7. The van der Waals surface area contributed by atoms with E-state index in [-0.39, 0.29) is 0 Å². The maximum absolute atomic E-state index is 11.5. The number of carbonyl (C=O) groups is 1. The number of ether oxygens (including phenoxy) is 1. The molecule has 0 unspecified atom stereocenters. The number of rotatable bonds is 4. The first-order chi connectivity index (χ1) is 12.7. The van der Waals surface area contributed by atoms with Crippen molar-refractivity contribution in [3.8, 4) is 5.75 Å². The molecule has 0 aliphatic carbocycles. The highest BCUT2D eigenvalue weighted by Gasteiger charge is 2.21. The first kappa shape index (κ1) is 16.4. The smallest absolute Gasteiger partial charge is 0.409 e. The Hall–Kier alpha value is -3.09. The summed E-state index contributed by atoms with van der Waals surface area (Å²) in [6.45, 7) is 2.69. The Morgan fingerprint density at radius 1 is 1.23 bits per heavy atom. The highest BCUT2D eigenvalue weighted by Crippen LogP contribution is 2.28. The molecule has 2 aromatic heterocycles. The molecule has 3 heterocycles. The van der Waals surface area contributed by atoms with Crippen molar-refractivity contribution in [3.63, 3.8) is 0 Å². The van der Waals surface area contributed by atoms with Gasteiger partial charge in [-0.25, -0.2) is 9.78 Å². The van der Waals surface area contributed by atoms with Crippen molar-refractivity contribution in [1.29, 1.82) is 0 Å². The first-order valence-corrected chi connectivity index (χ1v) is 8.79. The Balaban J connectivity index is 1.78. The van der Waals surface area contributed by atoms with Crippen molar-refractivity contribution >= 4 is 23.2 Å². The molecule has 1 saturated heterocycles. The monoisotopic (exact) mass is 351 g/mol. The van der Waals surface area contributed by atoms with Gasteiger partial charge in [0, 0.05) is 26.2 Å². The Morgan fingerprint density at radius 2 is 2.00 bits per heavy atom. The topological polar surface area (TPSA) is 72.3 Å². The summed E-state index contributed by atoms with van der Waals surface area (Å²) in [5.41, 5.74) is 2.70. The number of benzene rings is 1. The lowest BCUT2D eigenvalue weighted by molar-refractivity contribution is 0.203. The van der Waals surface area contributed by atoms with Gasteiger partial charge in [-0.15, -0.1) is 0 Å². The number of nitrogens with one attached hydrogen (secondary N) is 1. The number of hydrogen-bond donors (Lipinski definition) is 1. The van der Waals surface area contributed by atoms with Gasteiger partial charge < -0.3 is 19.5 Å². The molecule has 1 N–H and O–H groups in total. The van der Waals surface area contributed by atoms with Crippen LogP contribution in [-0.2, 0) is 6.54 Å². The molecular weight excluding hydrogens is 330 g/mol. The average Bonchev–Trinajstić information content (AvgIpc) is 3.31. The van der Waals surface area contributed by atoms with Gasteiger partial charge in [0.2, 0.25) is 5.95 Å². The van der Waals surface area contributed by atoms with Crippen LogP contribution in [0.1, 0.15) is 18.4 Å². The third-order valence-electron chi connectivity index (χ3n) is 4.55. The molecule has 1 aliphatic heterocycles. The molecule has 4 rings (SSSR count). The van der Waals surface area contributed by atoms with Crippen LogP contribution in [0.5, 0.6) is 5.75 Å². The van der Waals surface area contributed by atoms with Crippen molar-refractivity contribution in [2.75, 3.05) is 25.0 Å². The molecule has 0 atom stereocenters. The Kier molecular flexibility index (Phi) is 4.43. The zero-order chi connectivity index (χ0) is 17.9. The Morgan fingerprint density at radius 3 is 2.73 bits per heavy atom. The summed E-state index contributed by atoms with van der Waals surface area (Å²) in [5, 5.41) is 2.45. The van der Waals surface area contributed by atoms with E-state index < -0.39 is 6.09 Å². The molecule has 134 valence electrons. The van der Waals surface area contributed by atoms with Crippen molar-refractivity contribution in [2.24, 2.45) is 0 Å². The number of aromatic nitrogens is 3. The fourth-order valence-corrected chi connectivity index (χ4v) is 3.27. The van der Waals surface area contributed by atoms with Crippen molar-refractivity contribution in [2.45, 2.75) is 19.4 Å². The van der Waals surface area contributed by atoms with Crippen molar-refractivity contribution < 1.29 is 9.53 Å². The third-order valence-corrected chi connectivity index (χ3v) is 4.55. The largest absolute Gasteiger partial charge is 0.412 e. The highest BCUT2D eigenvalue weighted by molar-refractivity contribution is 5.78. The molecular formula is C19H21N5O2. The predicted molar refractivity (Wildman–Crippen MR) is 99.6 cm³/mol. The number of nitrogens with zero attached hydrogens (tertiary/aromatic N) is 4. The van der Waals surface area contributed by atoms with Crippen molar-refractivity contribution in [1.82, 2.24) is 19.9 Å². The summed E-state index contributed by atoms with van der Waals surface area (Å²) >= 11 is 0. The molecule has 1 fully saturated rings. The van der Waals surface area contributed by atoms with E-state index in [0.29, 0.717) is 17.9 Å². The standard InChI is InChI=1S/C19H21N5O2/c1-20-19(25)26-15-11-16-17(21-12-15)22-18(23-9-5-6-10-23)24(16)13-14-7-3-2-4-8-14/h2-4,7-8,11-12H,5-6,9-10,13H2,1H3,(H,20,25). The van der Waals surface area contributed by atoms with Gasteiger partial charge in [-0.3, -0.25) is 0 Å². The molecule has 7 heteroatoms. The Bertz CT molecular complexity index is 916. The van der Waals surface area contributed by atoms with Gasteiger partial charge in [0.05, 0.1) is 18.3 Å². The lowest BCUT2D eigenvalue weighted by atomic mass is 10.2. The van der Waals surface area contributed by atoms with E-state index in [2.05, 4.69) is 31.9 Å². The maximum atomic E-state index is 11.5. The highest BCUT2D eigenvalue weighted by atomic mass is 16.6. The van der Waals surface area contributed by atoms with Crippen LogP contribution in [0.15, 0.2) is 42.6 Å². The van der Waals surface area contributed by atoms with Crippen LogP contribution >= 0.6 is 0 Å². The number of anilines is 1. The van der Waals surface area contributed by atoms with Crippen LogP contribution in [0.3, 0.4) is 0 Å². The fourth-order valence-electron chi connectivity index (χ4n) is 3.27. The zero-order valence-corrected chi connectivity index (χ0v) is 14.7. The van der Waals surface area contributed by atoms with Gasteiger partial charge in [0.1, 0.15) is 0 Å². The number of imidazole rings is 1. The van der Waals surface area contributed by atoms with Crippen LogP contribution in [-0.4, -0.2) is 40.8 Å². The second kappa shape index (κ2) is 7.03. The summed E-state index contributed by atoms with van der Waals surface area (Å²) in [6, 6.07) is 12.1. The molecule has 26 heavy (non-hydrogen) atoms. The fraction of sp³-hybridized carbons (Fsp3) is 0.316. The number of carbonyl (C=O) groups excluding carboxylic acids is 1. The summed E-state index contributed by atoms with van der Waals surface area (Å²) < 4.78 is 7.40. The van der Waals surface area contributed by atoms with Gasteiger partial charge in [0.25, 0.3) is 0 Å². The molecule has 0 bridgehead atoms. The van der Waals surface area contributed by atoms with Gasteiger partial charge >= 0.3 is 6.09 Å². The quantitative estimate of drug-likeness (QED) is 0.782. The molecule has 0 radical (unpaired) electrons. The minimum atomic E-state index is -0.514. The molecule has 1 aliphatic rings. The van der Waals surface area contributed by atoms with E-state index in [0.717, 1.165) is 24.6 Å². The lowest BCUT2D eigenvalue weighted by Gasteiger charge is -2.18. The summed E-state index contributed by atoms with van der Waals surface area (Å²) in [4.78, 5) is 23.0. The van der Waals surface area contributed by atoms with E-state index in [4.69, 9.17) is 9.72 Å². The number of fused-ring (bicyclic) bond motifs is 1. The molecule has 7 nitrogen and oxygen atoms in total.